The van der Waals surface area contributed by atoms with Gasteiger partial charge in [-0.25, -0.2) is 0 Å². The molecule has 0 radical (unpaired) electrons. The molecule has 0 unspecified atom stereocenters. The Balaban J connectivity index is 1.81. The van der Waals surface area contributed by atoms with Crippen LogP contribution in [0.1, 0.15) is 33.7 Å². The third-order valence-electron chi connectivity index (χ3n) is 3.36. The second-order valence-electron chi connectivity index (χ2n) is 5.22. The van der Waals surface area contributed by atoms with Crippen molar-refractivity contribution in [2.24, 2.45) is 0 Å². The molecule has 1 N–H and O–H groups in total. The molecule has 0 spiro atoms. The highest BCUT2D eigenvalue weighted by Gasteiger charge is 2.06. The minimum atomic E-state index is -0.0287. The van der Waals surface area contributed by atoms with Gasteiger partial charge in [0.25, 0.3) is 5.91 Å². The minimum Gasteiger partial charge on any atom is -0.352 e. The molecule has 0 saturated heterocycles. The molecule has 0 aliphatic carbocycles. The van der Waals surface area contributed by atoms with Gasteiger partial charge in [0.05, 0.1) is 5.69 Å². The predicted molar refractivity (Wildman–Crippen MR) is 87.5 cm³/mol. The standard InChI is InChI=1S/C16H20BrN3O/c1-11-9-14(5-6-15(11)17)16(21)18-7-4-8-20-13(3)10-12(2)19-20/h5-6,9-10H,4,7-8H2,1-3H3,(H,18,21). The van der Waals surface area contributed by atoms with Gasteiger partial charge in [-0.2, -0.15) is 5.10 Å². The smallest absolute Gasteiger partial charge is 0.251 e. The molecule has 5 heteroatoms. The van der Waals surface area contributed by atoms with Crippen molar-refractivity contribution in [1.82, 2.24) is 15.1 Å². The van der Waals surface area contributed by atoms with E-state index in [4.69, 9.17) is 0 Å². The molecule has 1 aromatic carbocycles. The lowest BCUT2D eigenvalue weighted by Gasteiger charge is -2.08. The van der Waals surface area contributed by atoms with E-state index in [2.05, 4.69) is 32.4 Å². The predicted octanol–water partition coefficient (Wildman–Crippen LogP) is 3.39. The quantitative estimate of drug-likeness (QED) is 0.841. The Kier molecular flexibility index (Phi) is 5.17. The molecule has 0 atom stereocenters. The molecule has 1 aromatic heterocycles. The molecule has 1 heterocycles. The van der Waals surface area contributed by atoms with Gasteiger partial charge in [0.15, 0.2) is 0 Å². The highest BCUT2D eigenvalue weighted by atomic mass is 79.9. The lowest BCUT2D eigenvalue weighted by molar-refractivity contribution is 0.0952. The number of aryl methyl sites for hydroxylation is 4. The number of nitrogens with one attached hydrogen (secondary N) is 1. The average Bonchev–Trinajstić information content (AvgIpc) is 2.76. The molecule has 1 amide bonds. The first kappa shape index (κ1) is 15.8. The van der Waals surface area contributed by atoms with Crippen LogP contribution in [0.4, 0.5) is 0 Å². The summed E-state index contributed by atoms with van der Waals surface area (Å²) in [5.41, 5.74) is 3.94. The van der Waals surface area contributed by atoms with Crippen LogP contribution < -0.4 is 5.32 Å². The fourth-order valence-corrected chi connectivity index (χ4v) is 2.47. The number of halogens is 1. The van der Waals surface area contributed by atoms with Crippen LogP contribution in [-0.2, 0) is 6.54 Å². The van der Waals surface area contributed by atoms with Crippen molar-refractivity contribution in [3.05, 3.63) is 51.3 Å². The lowest BCUT2D eigenvalue weighted by Crippen LogP contribution is -2.25. The summed E-state index contributed by atoms with van der Waals surface area (Å²) in [5, 5.41) is 7.35. The van der Waals surface area contributed by atoms with Crippen LogP contribution in [-0.4, -0.2) is 22.2 Å². The number of nitrogens with zero attached hydrogens (tertiary/aromatic N) is 2. The summed E-state index contributed by atoms with van der Waals surface area (Å²) >= 11 is 3.44. The Labute approximate surface area is 133 Å². The summed E-state index contributed by atoms with van der Waals surface area (Å²) in [7, 11) is 0. The number of hydrogen-bond donors (Lipinski definition) is 1. The zero-order valence-electron chi connectivity index (χ0n) is 12.6. The van der Waals surface area contributed by atoms with Crippen molar-refractivity contribution in [2.45, 2.75) is 33.7 Å². The van der Waals surface area contributed by atoms with E-state index in [9.17, 15) is 4.79 Å². The largest absolute Gasteiger partial charge is 0.352 e. The highest BCUT2D eigenvalue weighted by Crippen LogP contribution is 2.16. The third-order valence-corrected chi connectivity index (χ3v) is 4.25. The van der Waals surface area contributed by atoms with Gasteiger partial charge in [-0.1, -0.05) is 15.9 Å². The normalized spacial score (nSPS) is 10.7. The molecule has 21 heavy (non-hydrogen) atoms. The zero-order chi connectivity index (χ0) is 15.4. The van der Waals surface area contributed by atoms with Gasteiger partial charge in [-0.3, -0.25) is 9.48 Å². The first-order valence-corrected chi connectivity index (χ1v) is 7.82. The SMILES string of the molecule is Cc1cc(C)n(CCCNC(=O)c2ccc(Br)c(C)c2)n1. The molecule has 112 valence electrons. The maximum Gasteiger partial charge on any atom is 0.251 e. The second-order valence-corrected chi connectivity index (χ2v) is 6.08. The Morgan fingerprint density at radius 3 is 2.67 bits per heavy atom. The number of hydrogen-bond acceptors (Lipinski definition) is 2. The molecule has 0 aliphatic heterocycles. The molecule has 2 rings (SSSR count). The first-order valence-electron chi connectivity index (χ1n) is 7.03. The van der Waals surface area contributed by atoms with Crippen LogP contribution in [0.5, 0.6) is 0 Å². The van der Waals surface area contributed by atoms with Gasteiger partial charge in [-0.15, -0.1) is 0 Å². The Hall–Kier alpha value is -1.62. The van der Waals surface area contributed by atoms with Gasteiger partial charge < -0.3 is 5.32 Å². The fraction of sp³-hybridized carbons (Fsp3) is 0.375. The van der Waals surface area contributed by atoms with Crippen molar-refractivity contribution in [2.75, 3.05) is 6.54 Å². The summed E-state index contributed by atoms with van der Waals surface area (Å²) in [6.45, 7) is 7.47. The number of benzene rings is 1. The molecule has 4 nitrogen and oxygen atoms in total. The Morgan fingerprint density at radius 2 is 2.05 bits per heavy atom. The third kappa shape index (κ3) is 4.17. The highest BCUT2D eigenvalue weighted by molar-refractivity contribution is 9.10. The van der Waals surface area contributed by atoms with Crippen LogP contribution in [0, 0.1) is 20.8 Å². The number of amides is 1. The lowest BCUT2D eigenvalue weighted by atomic mass is 10.1. The summed E-state index contributed by atoms with van der Waals surface area (Å²) < 4.78 is 2.99. The summed E-state index contributed by atoms with van der Waals surface area (Å²) in [4.78, 5) is 12.0. The fourth-order valence-electron chi connectivity index (χ4n) is 2.22. The van der Waals surface area contributed by atoms with Gasteiger partial charge in [0.1, 0.15) is 0 Å². The molecule has 2 aromatic rings. The molecule has 0 aliphatic rings. The summed E-state index contributed by atoms with van der Waals surface area (Å²) in [5.74, 6) is -0.0287. The summed E-state index contributed by atoms with van der Waals surface area (Å²) in [6, 6.07) is 7.68. The molecule has 0 fully saturated rings. The minimum absolute atomic E-state index is 0.0287. The van der Waals surface area contributed by atoms with Crippen LogP contribution in [0.25, 0.3) is 0 Å². The van der Waals surface area contributed by atoms with E-state index in [1.807, 2.05) is 43.7 Å². The van der Waals surface area contributed by atoms with Crippen molar-refractivity contribution < 1.29 is 4.79 Å². The van der Waals surface area contributed by atoms with E-state index in [1.165, 1.54) is 0 Å². The van der Waals surface area contributed by atoms with E-state index in [1.54, 1.807) is 0 Å². The zero-order valence-corrected chi connectivity index (χ0v) is 14.2. The maximum absolute atomic E-state index is 12.0. The monoisotopic (exact) mass is 349 g/mol. The van der Waals surface area contributed by atoms with E-state index in [0.29, 0.717) is 12.1 Å². The summed E-state index contributed by atoms with van der Waals surface area (Å²) in [6.07, 6.45) is 0.864. The van der Waals surface area contributed by atoms with Crippen molar-refractivity contribution >= 4 is 21.8 Å². The van der Waals surface area contributed by atoms with Crippen LogP contribution in [0.3, 0.4) is 0 Å². The number of aromatic nitrogens is 2. The Bertz CT molecular complexity index is 649. The molecular weight excluding hydrogens is 330 g/mol. The Morgan fingerprint density at radius 1 is 1.29 bits per heavy atom. The van der Waals surface area contributed by atoms with E-state index >= 15 is 0 Å². The topological polar surface area (TPSA) is 46.9 Å². The number of carbonyl (C=O) groups excluding carboxylic acids is 1. The molecule has 0 saturated carbocycles. The van der Waals surface area contributed by atoms with Crippen molar-refractivity contribution in [3.8, 4) is 0 Å². The van der Waals surface area contributed by atoms with Gasteiger partial charge in [0.2, 0.25) is 0 Å². The van der Waals surface area contributed by atoms with Crippen molar-refractivity contribution in [3.63, 3.8) is 0 Å². The molecular formula is C16H20BrN3O. The van der Waals surface area contributed by atoms with E-state index < -0.39 is 0 Å². The van der Waals surface area contributed by atoms with E-state index in [0.717, 1.165) is 34.4 Å². The average molecular weight is 350 g/mol. The van der Waals surface area contributed by atoms with Crippen LogP contribution in [0.2, 0.25) is 0 Å². The second kappa shape index (κ2) is 6.89. The van der Waals surface area contributed by atoms with Crippen LogP contribution in [0.15, 0.2) is 28.7 Å². The van der Waals surface area contributed by atoms with Gasteiger partial charge in [0, 0.05) is 28.8 Å². The van der Waals surface area contributed by atoms with Crippen LogP contribution >= 0.6 is 15.9 Å². The van der Waals surface area contributed by atoms with Crippen molar-refractivity contribution in [1.29, 1.82) is 0 Å². The van der Waals surface area contributed by atoms with Gasteiger partial charge >= 0.3 is 0 Å². The molecule has 0 bridgehead atoms. The maximum atomic E-state index is 12.0. The van der Waals surface area contributed by atoms with E-state index in [-0.39, 0.29) is 5.91 Å². The van der Waals surface area contributed by atoms with Gasteiger partial charge in [-0.05, 0) is 57.0 Å². The number of carbonyl (C=O) groups is 1. The first-order chi connectivity index (χ1) is 9.97. The number of rotatable bonds is 5.